The summed E-state index contributed by atoms with van der Waals surface area (Å²) in [5, 5.41) is 2.71. The van der Waals surface area contributed by atoms with Crippen molar-refractivity contribution in [2.45, 2.75) is 38.5 Å². The number of hydrogen-bond donors (Lipinski definition) is 1. The van der Waals surface area contributed by atoms with Crippen molar-refractivity contribution < 1.29 is 13.2 Å². The van der Waals surface area contributed by atoms with Crippen LogP contribution in [0.4, 0.5) is 13.2 Å². The molecule has 1 N–H and O–H groups in total. The average molecular weight is 313 g/mol. The van der Waals surface area contributed by atoms with Gasteiger partial charge in [-0.05, 0) is 38.0 Å². The Hall–Kier alpha value is -1.33. The van der Waals surface area contributed by atoms with E-state index in [9.17, 15) is 13.2 Å². The van der Waals surface area contributed by atoms with Gasteiger partial charge in [-0.2, -0.15) is 13.2 Å². The van der Waals surface area contributed by atoms with Gasteiger partial charge in [0.05, 0.1) is 0 Å². The number of benzene rings is 1. The van der Waals surface area contributed by atoms with Gasteiger partial charge in [0.15, 0.2) is 0 Å². The van der Waals surface area contributed by atoms with Gasteiger partial charge in [0.25, 0.3) is 0 Å². The molecular formula is C16H18F3NS. The molecule has 0 fully saturated rings. The van der Waals surface area contributed by atoms with Crippen LogP contribution in [0.2, 0.25) is 0 Å². The molecule has 0 spiro atoms. The maximum Gasteiger partial charge on any atom is 0.407 e. The normalized spacial score (nSPS) is 14.9. The smallest absolute Gasteiger partial charge is 0.300 e. The summed E-state index contributed by atoms with van der Waals surface area (Å²) in [6.07, 6.45) is -3.71. The first-order valence-electron chi connectivity index (χ1n) is 6.79. The van der Waals surface area contributed by atoms with E-state index in [2.05, 4.69) is 5.32 Å². The number of nitrogens with one attached hydrogen (secondary N) is 1. The lowest BCUT2D eigenvalue weighted by Gasteiger charge is -2.25. The van der Waals surface area contributed by atoms with Crippen LogP contribution in [0.5, 0.6) is 0 Å². The number of aryl methyl sites for hydroxylation is 1. The second-order valence-corrected chi connectivity index (χ2v) is 6.54. The molecular weight excluding hydrogens is 295 g/mol. The molecule has 0 saturated carbocycles. The Labute approximate surface area is 126 Å². The van der Waals surface area contributed by atoms with Crippen molar-refractivity contribution >= 4 is 11.3 Å². The SMILES string of the molecule is Cc1ccc(CC(C)NC(c2ccccc2)C(F)(F)F)s1. The van der Waals surface area contributed by atoms with Crippen molar-refractivity contribution in [3.05, 3.63) is 57.8 Å². The first-order chi connectivity index (χ1) is 9.86. The van der Waals surface area contributed by atoms with E-state index in [0.717, 1.165) is 4.88 Å². The van der Waals surface area contributed by atoms with E-state index in [1.807, 2.05) is 19.1 Å². The van der Waals surface area contributed by atoms with E-state index in [1.165, 1.54) is 17.0 Å². The number of alkyl halides is 3. The molecule has 2 atom stereocenters. The van der Waals surface area contributed by atoms with Gasteiger partial charge >= 0.3 is 6.18 Å². The molecule has 0 aliphatic carbocycles. The lowest BCUT2D eigenvalue weighted by Crippen LogP contribution is -2.40. The summed E-state index contributed by atoms with van der Waals surface area (Å²) in [4.78, 5) is 2.27. The lowest BCUT2D eigenvalue weighted by atomic mass is 10.0. The molecule has 0 amide bonds. The van der Waals surface area contributed by atoms with E-state index in [-0.39, 0.29) is 11.6 Å². The average Bonchev–Trinajstić information content (AvgIpc) is 2.81. The van der Waals surface area contributed by atoms with Crippen molar-refractivity contribution in [1.82, 2.24) is 5.32 Å². The van der Waals surface area contributed by atoms with Crippen molar-refractivity contribution in [1.29, 1.82) is 0 Å². The van der Waals surface area contributed by atoms with Gasteiger partial charge < -0.3 is 0 Å². The molecule has 1 aromatic carbocycles. The first-order valence-corrected chi connectivity index (χ1v) is 7.61. The Kier molecular flexibility index (Phi) is 5.06. The maximum atomic E-state index is 13.2. The van der Waals surface area contributed by atoms with Gasteiger partial charge in [-0.1, -0.05) is 30.3 Å². The third-order valence-electron chi connectivity index (χ3n) is 3.21. The molecule has 5 heteroatoms. The van der Waals surface area contributed by atoms with Crippen LogP contribution in [0, 0.1) is 6.92 Å². The zero-order valence-corrected chi connectivity index (χ0v) is 12.8. The molecule has 0 aliphatic heterocycles. The summed E-state index contributed by atoms with van der Waals surface area (Å²) in [5.41, 5.74) is 0.249. The molecule has 2 aromatic rings. The van der Waals surface area contributed by atoms with Crippen LogP contribution in [0.15, 0.2) is 42.5 Å². The van der Waals surface area contributed by atoms with E-state index in [0.29, 0.717) is 6.42 Å². The molecule has 0 bridgehead atoms. The second-order valence-electron chi connectivity index (χ2n) is 5.17. The van der Waals surface area contributed by atoms with E-state index in [1.54, 1.807) is 36.5 Å². The number of halogens is 3. The van der Waals surface area contributed by atoms with Crippen LogP contribution < -0.4 is 5.32 Å². The highest BCUT2D eigenvalue weighted by atomic mass is 32.1. The van der Waals surface area contributed by atoms with Crippen LogP contribution in [-0.4, -0.2) is 12.2 Å². The Balaban J connectivity index is 2.08. The predicted octanol–water partition coefficient (Wildman–Crippen LogP) is 4.88. The van der Waals surface area contributed by atoms with Crippen molar-refractivity contribution in [2.24, 2.45) is 0 Å². The molecule has 1 nitrogen and oxygen atoms in total. The molecule has 0 saturated heterocycles. The fourth-order valence-electron chi connectivity index (χ4n) is 2.27. The van der Waals surface area contributed by atoms with Crippen molar-refractivity contribution in [3.63, 3.8) is 0 Å². The third-order valence-corrected chi connectivity index (χ3v) is 4.24. The minimum Gasteiger partial charge on any atom is -0.300 e. The van der Waals surface area contributed by atoms with Gasteiger partial charge in [0.1, 0.15) is 6.04 Å². The predicted molar refractivity (Wildman–Crippen MR) is 80.6 cm³/mol. The van der Waals surface area contributed by atoms with Crippen LogP contribution in [0.25, 0.3) is 0 Å². The first kappa shape index (κ1) is 16.0. The highest BCUT2D eigenvalue weighted by molar-refractivity contribution is 7.11. The van der Waals surface area contributed by atoms with Crippen LogP contribution >= 0.6 is 11.3 Å². The quantitative estimate of drug-likeness (QED) is 0.829. The summed E-state index contributed by atoms with van der Waals surface area (Å²) in [5.74, 6) is 0. The Morgan fingerprint density at radius 2 is 1.76 bits per heavy atom. The monoisotopic (exact) mass is 313 g/mol. The molecule has 114 valence electrons. The van der Waals surface area contributed by atoms with Gasteiger partial charge in [0, 0.05) is 15.8 Å². The molecule has 2 unspecified atom stereocenters. The molecule has 1 aromatic heterocycles. The second kappa shape index (κ2) is 6.62. The summed E-state index contributed by atoms with van der Waals surface area (Å²) >= 11 is 1.63. The van der Waals surface area contributed by atoms with Crippen molar-refractivity contribution in [2.75, 3.05) is 0 Å². The Morgan fingerprint density at radius 3 is 2.29 bits per heavy atom. The molecule has 0 aliphatic rings. The highest BCUT2D eigenvalue weighted by Crippen LogP contribution is 2.33. The fraction of sp³-hybridized carbons (Fsp3) is 0.375. The molecule has 2 rings (SSSR count). The summed E-state index contributed by atoms with van der Waals surface area (Å²) in [7, 11) is 0. The Morgan fingerprint density at radius 1 is 1.10 bits per heavy atom. The number of hydrogen-bond acceptors (Lipinski definition) is 2. The minimum absolute atomic E-state index is 0.249. The summed E-state index contributed by atoms with van der Waals surface area (Å²) < 4.78 is 39.7. The van der Waals surface area contributed by atoms with Crippen LogP contribution in [0.3, 0.4) is 0 Å². The highest BCUT2D eigenvalue weighted by Gasteiger charge is 2.41. The van der Waals surface area contributed by atoms with Crippen LogP contribution in [0.1, 0.15) is 28.3 Å². The number of thiophene rings is 1. The van der Waals surface area contributed by atoms with Crippen LogP contribution in [-0.2, 0) is 6.42 Å². The van der Waals surface area contributed by atoms with Crippen molar-refractivity contribution in [3.8, 4) is 0 Å². The zero-order chi connectivity index (χ0) is 15.5. The van der Waals surface area contributed by atoms with E-state index >= 15 is 0 Å². The zero-order valence-electron chi connectivity index (χ0n) is 11.9. The lowest BCUT2D eigenvalue weighted by molar-refractivity contribution is -0.159. The van der Waals surface area contributed by atoms with Gasteiger partial charge in [-0.25, -0.2) is 0 Å². The standard InChI is InChI=1S/C16H18F3NS/c1-11(10-14-9-8-12(2)21-14)20-15(16(17,18)19)13-6-4-3-5-7-13/h3-9,11,15,20H,10H2,1-2H3. The maximum absolute atomic E-state index is 13.2. The van der Waals surface area contributed by atoms with Gasteiger partial charge in [0.2, 0.25) is 0 Å². The largest absolute Gasteiger partial charge is 0.407 e. The van der Waals surface area contributed by atoms with E-state index < -0.39 is 12.2 Å². The summed E-state index contributed by atoms with van der Waals surface area (Å²) in [6, 6.07) is 10.1. The Bertz CT molecular complexity index is 562. The third kappa shape index (κ3) is 4.58. The minimum atomic E-state index is -4.30. The molecule has 21 heavy (non-hydrogen) atoms. The van der Waals surface area contributed by atoms with Gasteiger partial charge in [-0.15, -0.1) is 11.3 Å². The van der Waals surface area contributed by atoms with Gasteiger partial charge in [-0.3, -0.25) is 5.32 Å². The van der Waals surface area contributed by atoms with E-state index in [4.69, 9.17) is 0 Å². The topological polar surface area (TPSA) is 12.0 Å². The summed E-state index contributed by atoms with van der Waals surface area (Å²) in [6.45, 7) is 3.78. The molecule has 0 radical (unpaired) electrons. The number of rotatable bonds is 5. The molecule has 1 heterocycles. The fourth-order valence-corrected chi connectivity index (χ4v) is 3.28.